The van der Waals surface area contributed by atoms with Gasteiger partial charge in [-0.25, -0.2) is 0 Å². The molecule has 5 nitrogen and oxygen atoms in total. The van der Waals surface area contributed by atoms with Gasteiger partial charge in [-0.1, -0.05) is 0 Å². The number of hydrogen-bond donors (Lipinski definition) is 0. The maximum atomic E-state index is 12.4. The van der Waals surface area contributed by atoms with E-state index in [0.29, 0.717) is 12.5 Å². The molecular weight excluding hydrogens is 270 g/mol. The number of fused-ring (bicyclic) bond motifs is 1. The van der Waals surface area contributed by atoms with E-state index >= 15 is 0 Å². The number of esters is 2. The van der Waals surface area contributed by atoms with Crippen LogP contribution in [-0.4, -0.2) is 55.8 Å². The molecule has 3 fully saturated rings. The van der Waals surface area contributed by atoms with E-state index in [4.69, 9.17) is 9.47 Å². The Morgan fingerprint density at radius 2 is 2.05 bits per heavy atom. The summed E-state index contributed by atoms with van der Waals surface area (Å²) in [6.07, 6.45) is 1.89. The fourth-order valence-corrected chi connectivity index (χ4v) is 4.33. The second-order valence-corrected chi connectivity index (χ2v) is 7.07. The predicted octanol–water partition coefficient (Wildman–Crippen LogP) is 1.21. The third-order valence-corrected chi connectivity index (χ3v) is 6.16. The Labute approximate surface area is 126 Å². The number of quaternary nitrogens is 1. The molecule has 0 aromatic carbocycles. The second kappa shape index (κ2) is 5.27. The molecule has 5 atom stereocenters. The number of carbonyl (C=O) groups is 2. The van der Waals surface area contributed by atoms with E-state index in [1.165, 1.54) is 0 Å². The van der Waals surface area contributed by atoms with Gasteiger partial charge >= 0.3 is 11.9 Å². The van der Waals surface area contributed by atoms with Crippen LogP contribution in [0.1, 0.15) is 26.7 Å². The minimum absolute atomic E-state index is 0.0803. The van der Waals surface area contributed by atoms with E-state index in [2.05, 4.69) is 20.9 Å². The molecule has 118 valence electrons. The van der Waals surface area contributed by atoms with Crippen molar-refractivity contribution in [1.29, 1.82) is 0 Å². The number of rotatable bonds is 6. The van der Waals surface area contributed by atoms with Crippen LogP contribution in [0.2, 0.25) is 0 Å². The van der Waals surface area contributed by atoms with E-state index in [1.807, 2.05) is 0 Å². The van der Waals surface area contributed by atoms with Crippen LogP contribution >= 0.6 is 0 Å². The largest absolute Gasteiger partial charge is 0.462 e. The lowest BCUT2D eigenvalue weighted by Gasteiger charge is -2.32. The summed E-state index contributed by atoms with van der Waals surface area (Å²) in [6, 6.07) is 0. The first-order valence-corrected chi connectivity index (χ1v) is 8.19. The Morgan fingerprint density at radius 3 is 2.71 bits per heavy atom. The molecule has 1 aliphatic heterocycles. The van der Waals surface area contributed by atoms with E-state index in [1.54, 1.807) is 0 Å². The number of likely N-dealkylation sites (N-methyl/N-ethyl adjacent to an activating group) is 1. The monoisotopic (exact) mass is 296 g/mol. The van der Waals surface area contributed by atoms with Crippen molar-refractivity contribution in [3.05, 3.63) is 0 Å². The van der Waals surface area contributed by atoms with Crippen molar-refractivity contribution in [1.82, 2.24) is 0 Å². The highest BCUT2D eigenvalue weighted by molar-refractivity contribution is 5.85. The molecule has 21 heavy (non-hydrogen) atoms. The molecule has 0 aromatic heterocycles. The van der Waals surface area contributed by atoms with Gasteiger partial charge in [-0.3, -0.25) is 9.59 Å². The smallest absolute Gasteiger partial charge is 0.310 e. The highest BCUT2D eigenvalue weighted by Crippen LogP contribution is 2.57. The van der Waals surface area contributed by atoms with Gasteiger partial charge in [0, 0.05) is 5.92 Å². The summed E-state index contributed by atoms with van der Waals surface area (Å²) in [4.78, 5) is 24.3. The molecule has 0 spiro atoms. The summed E-state index contributed by atoms with van der Waals surface area (Å²) in [5.41, 5.74) is 0. The zero-order valence-corrected chi connectivity index (χ0v) is 13.2. The predicted molar refractivity (Wildman–Crippen MR) is 76.2 cm³/mol. The van der Waals surface area contributed by atoms with Crippen LogP contribution in [0.3, 0.4) is 0 Å². The van der Waals surface area contributed by atoms with Gasteiger partial charge in [0.25, 0.3) is 0 Å². The lowest BCUT2D eigenvalue weighted by Crippen LogP contribution is -2.46. The highest BCUT2D eigenvalue weighted by Gasteiger charge is 2.64. The SMILES string of the molecule is CC[N+](C)(CC)CCOC(=O)[C@@H]1[C@@H]2C[C@@H]3[C@@H]1C(=O)O[C@@H]3C2. The fourth-order valence-electron chi connectivity index (χ4n) is 4.33. The van der Waals surface area contributed by atoms with E-state index in [9.17, 15) is 9.59 Å². The van der Waals surface area contributed by atoms with Crippen molar-refractivity contribution in [2.24, 2.45) is 23.7 Å². The Hall–Kier alpha value is -1.10. The van der Waals surface area contributed by atoms with Crippen molar-refractivity contribution >= 4 is 11.9 Å². The van der Waals surface area contributed by atoms with Crippen LogP contribution in [-0.2, 0) is 19.1 Å². The number of carbonyl (C=O) groups excluding carboxylic acids is 2. The summed E-state index contributed by atoms with van der Waals surface area (Å²) in [6.45, 7) is 7.62. The normalized spacial score (nSPS) is 36.9. The standard InChI is InChI=1S/C16H26NO4/c1-4-17(3,5-2)6-7-20-15(18)13-10-8-11-12(9-10)21-16(19)14(11)13/h10-14H,4-9H2,1-3H3/q+1/t10-,11+,12-,13-,14+/m1/s1. The molecule has 2 bridgehead atoms. The number of ether oxygens (including phenoxy) is 2. The summed E-state index contributed by atoms with van der Waals surface area (Å²) in [7, 11) is 2.17. The van der Waals surface area contributed by atoms with Gasteiger partial charge in [-0.15, -0.1) is 0 Å². The van der Waals surface area contributed by atoms with Crippen molar-refractivity contribution in [3.8, 4) is 0 Å². The molecule has 2 aliphatic carbocycles. The lowest BCUT2D eigenvalue weighted by molar-refractivity contribution is -0.906. The summed E-state index contributed by atoms with van der Waals surface area (Å²) >= 11 is 0. The third-order valence-electron chi connectivity index (χ3n) is 6.16. The molecule has 0 N–H and O–H groups in total. The molecule has 3 rings (SSSR count). The Balaban J connectivity index is 1.56. The van der Waals surface area contributed by atoms with E-state index in [0.717, 1.165) is 37.0 Å². The van der Waals surface area contributed by atoms with Crippen LogP contribution in [0.15, 0.2) is 0 Å². The highest BCUT2D eigenvalue weighted by atomic mass is 16.6. The zero-order valence-electron chi connectivity index (χ0n) is 13.2. The first-order valence-electron chi connectivity index (χ1n) is 8.19. The Morgan fingerprint density at radius 1 is 1.33 bits per heavy atom. The van der Waals surface area contributed by atoms with Crippen LogP contribution < -0.4 is 0 Å². The lowest BCUT2D eigenvalue weighted by atomic mass is 9.80. The van der Waals surface area contributed by atoms with Gasteiger partial charge in [-0.2, -0.15) is 0 Å². The number of nitrogens with zero attached hydrogens (tertiary/aromatic N) is 1. The van der Waals surface area contributed by atoms with Crippen LogP contribution in [0.5, 0.6) is 0 Å². The maximum Gasteiger partial charge on any atom is 0.310 e. The van der Waals surface area contributed by atoms with Crippen LogP contribution in [0.4, 0.5) is 0 Å². The summed E-state index contributed by atoms with van der Waals surface area (Å²) < 4.78 is 11.8. The van der Waals surface area contributed by atoms with Crippen molar-refractivity contribution in [2.45, 2.75) is 32.8 Å². The molecule has 0 aromatic rings. The molecule has 0 radical (unpaired) electrons. The molecule has 1 heterocycles. The average molecular weight is 296 g/mol. The molecular formula is C16H26NO4+. The maximum absolute atomic E-state index is 12.4. The zero-order chi connectivity index (χ0) is 15.2. The number of hydrogen-bond acceptors (Lipinski definition) is 4. The molecule has 3 aliphatic rings. The Kier molecular flexibility index (Phi) is 3.72. The molecule has 0 unspecified atom stereocenters. The molecule has 5 heteroatoms. The first kappa shape index (κ1) is 14.8. The third kappa shape index (κ3) is 2.35. The van der Waals surface area contributed by atoms with Gasteiger partial charge in [0.15, 0.2) is 0 Å². The van der Waals surface area contributed by atoms with Gasteiger partial charge < -0.3 is 14.0 Å². The van der Waals surface area contributed by atoms with Crippen LogP contribution in [0, 0.1) is 23.7 Å². The van der Waals surface area contributed by atoms with Gasteiger partial charge in [0.1, 0.15) is 19.3 Å². The first-order chi connectivity index (χ1) is 9.99. The topological polar surface area (TPSA) is 52.6 Å². The minimum Gasteiger partial charge on any atom is -0.462 e. The molecule has 0 amide bonds. The van der Waals surface area contributed by atoms with Gasteiger partial charge in [0.2, 0.25) is 0 Å². The quantitative estimate of drug-likeness (QED) is 0.546. The summed E-state index contributed by atoms with van der Waals surface area (Å²) in [5, 5.41) is 0. The van der Waals surface area contributed by atoms with Crippen molar-refractivity contribution < 1.29 is 23.5 Å². The second-order valence-electron chi connectivity index (χ2n) is 7.07. The molecule has 2 saturated carbocycles. The van der Waals surface area contributed by atoms with Gasteiger partial charge in [-0.05, 0) is 32.6 Å². The van der Waals surface area contributed by atoms with E-state index < -0.39 is 0 Å². The summed E-state index contributed by atoms with van der Waals surface area (Å²) in [5.74, 6) is -0.254. The van der Waals surface area contributed by atoms with Crippen molar-refractivity contribution in [2.75, 3.05) is 33.3 Å². The Bertz CT molecular complexity index is 444. The van der Waals surface area contributed by atoms with Crippen LogP contribution in [0.25, 0.3) is 0 Å². The van der Waals surface area contributed by atoms with Gasteiger partial charge in [0.05, 0.1) is 32.0 Å². The average Bonchev–Trinajstić information content (AvgIpc) is 3.08. The molecule has 1 saturated heterocycles. The van der Waals surface area contributed by atoms with Crippen molar-refractivity contribution in [3.63, 3.8) is 0 Å². The fraction of sp³-hybridized carbons (Fsp3) is 0.875. The van der Waals surface area contributed by atoms with E-state index in [-0.39, 0.29) is 35.8 Å². The minimum atomic E-state index is -0.247.